The largest absolute Gasteiger partial charge is 0.351 e. The lowest BCUT2D eigenvalue weighted by molar-refractivity contribution is -0.122. The molecule has 0 aromatic heterocycles. The molecule has 0 aliphatic rings. The minimum Gasteiger partial charge on any atom is -0.351 e. The lowest BCUT2D eigenvalue weighted by Gasteiger charge is -2.23. The zero-order chi connectivity index (χ0) is 14.4. The molecule has 18 heavy (non-hydrogen) atoms. The molecule has 0 atom stereocenters. The first-order valence-electron chi connectivity index (χ1n) is 6.32. The van der Waals surface area contributed by atoms with Crippen LogP contribution in [0.1, 0.15) is 47.0 Å². The second kappa shape index (κ2) is 7.09. The molecular weight excluding hydrogens is 252 g/mol. The molecule has 0 radical (unpaired) electrons. The SMILES string of the molecule is CCCCN(CCC(=O)NC(C)(C)C)S(C)(=O)=O. The molecule has 0 saturated heterocycles. The molecule has 1 N–H and O–H groups in total. The highest BCUT2D eigenvalue weighted by Crippen LogP contribution is 2.04. The van der Waals surface area contributed by atoms with E-state index in [4.69, 9.17) is 0 Å². The molecular formula is C12H26N2O3S. The summed E-state index contributed by atoms with van der Waals surface area (Å²) in [5.74, 6) is -0.118. The Kier molecular flexibility index (Phi) is 6.84. The lowest BCUT2D eigenvalue weighted by Crippen LogP contribution is -2.42. The maximum absolute atomic E-state index is 11.6. The Morgan fingerprint density at radius 2 is 1.78 bits per heavy atom. The number of nitrogens with zero attached hydrogens (tertiary/aromatic N) is 1. The standard InChI is InChI=1S/C12H26N2O3S/c1-6-7-9-14(18(5,16)17)10-8-11(15)13-12(2,3)4/h6-10H2,1-5H3,(H,13,15). The molecule has 0 aliphatic carbocycles. The smallest absolute Gasteiger partial charge is 0.221 e. The Morgan fingerprint density at radius 3 is 2.17 bits per heavy atom. The van der Waals surface area contributed by atoms with E-state index < -0.39 is 10.0 Å². The van der Waals surface area contributed by atoms with Crippen LogP contribution in [0.5, 0.6) is 0 Å². The topological polar surface area (TPSA) is 66.5 Å². The summed E-state index contributed by atoms with van der Waals surface area (Å²) in [5, 5.41) is 2.82. The van der Waals surface area contributed by atoms with Crippen molar-refractivity contribution in [3.63, 3.8) is 0 Å². The fraction of sp³-hybridized carbons (Fsp3) is 0.917. The Morgan fingerprint density at radius 1 is 1.22 bits per heavy atom. The second-order valence-corrected chi connectivity index (χ2v) is 7.55. The fourth-order valence-electron chi connectivity index (χ4n) is 1.48. The number of nitrogens with one attached hydrogen (secondary N) is 1. The van der Waals surface area contributed by atoms with Gasteiger partial charge >= 0.3 is 0 Å². The molecule has 1 amide bonds. The zero-order valence-corrected chi connectivity index (χ0v) is 12.9. The van der Waals surface area contributed by atoms with Gasteiger partial charge < -0.3 is 5.32 Å². The van der Waals surface area contributed by atoms with Crippen molar-refractivity contribution in [2.45, 2.75) is 52.5 Å². The number of carbonyl (C=O) groups excluding carboxylic acids is 1. The first kappa shape index (κ1) is 17.4. The predicted molar refractivity (Wildman–Crippen MR) is 73.8 cm³/mol. The molecule has 0 rings (SSSR count). The van der Waals surface area contributed by atoms with E-state index in [9.17, 15) is 13.2 Å². The van der Waals surface area contributed by atoms with E-state index in [1.54, 1.807) is 0 Å². The summed E-state index contributed by atoms with van der Waals surface area (Å²) in [5.41, 5.74) is -0.281. The van der Waals surface area contributed by atoms with E-state index in [0.717, 1.165) is 12.8 Å². The summed E-state index contributed by atoms with van der Waals surface area (Å²) < 4.78 is 24.4. The van der Waals surface area contributed by atoms with Crippen LogP contribution in [-0.4, -0.2) is 43.5 Å². The van der Waals surface area contributed by atoms with Crippen molar-refractivity contribution in [1.82, 2.24) is 9.62 Å². The number of rotatable bonds is 7. The third-order valence-corrected chi connectivity index (χ3v) is 3.64. The molecule has 5 nitrogen and oxygen atoms in total. The van der Waals surface area contributed by atoms with Gasteiger partial charge in [0.25, 0.3) is 0 Å². The van der Waals surface area contributed by atoms with Crippen LogP contribution in [-0.2, 0) is 14.8 Å². The summed E-state index contributed by atoms with van der Waals surface area (Å²) >= 11 is 0. The van der Waals surface area contributed by atoms with Crippen LogP contribution < -0.4 is 5.32 Å². The molecule has 0 unspecified atom stereocenters. The molecule has 0 aromatic carbocycles. The van der Waals surface area contributed by atoms with Gasteiger partial charge in [-0.25, -0.2) is 12.7 Å². The summed E-state index contributed by atoms with van der Waals surface area (Å²) in [4.78, 5) is 11.6. The number of unbranched alkanes of at least 4 members (excludes halogenated alkanes) is 1. The molecule has 0 saturated carbocycles. The first-order valence-corrected chi connectivity index (χ1v) is 8.17. The van der Waals surface area contributed by atoms with Crippen LogP contribution >= 0.6 is 0 Å². The first-order chi connectivity index (χ1) is 8.06. The van der Waals surface area contributed by atoms with Crippen molar-refractivity contribution in [1.29, 1.82) is 0 Å². The Bertz CT molecular complexity index is 358. The fourth-order valence-corrected chi connectivity index (χ4v) is 2.37. The lowest BCUT2D eigenvalue weighted by atomic mass is 10.1. The molecule has 0 spiro atoms. The third-order valence-electron chi connectivity index (χ3n) is 2.33. The maximum atomic E-state index is 11.6. The van der Waals surface area contributed by atoms with Crippen LogP contribution in [0.2, 0.25) is 0 Å². The average Bonchev–Trinajstić information content (AvgIpc) is 2.12. The van der Waals surface area contributed by atoms with Gasteiger partial charge in [0.2, 0.25) is 15.9 Å². The summed E-state index contributed by atoms with van der Waals surface area (Å²) in [7, 11) is -3.22. The normalized spacial score (nSPS) is 12.8. The number of sulfonamides is 1. The monoisotopic (exact) mass is 278 g/mol. The quantitative estimate of drug-likeness (QED) is 0.764. The zero-order valence-electron chi connectivity index (χ0n) is 12.1. The minimum absolute atomic E-state index is 0.118. The van der Waals surface area contributed by atoms with E-state index in [-0.39, 0.29) is 24.4 Å². The summed E-state index contributed by atoms with van der Waals surface area (Å²) in [6.45, 7) is 8.44. The van der Waals surface area contributed by atoms with Crippen LogP contribution in [0.3, 0.4) is 0 Å². The third kappa shape index (κ3) is 8.47. The van der Waals surface area contributed by atoms with E-state index in [0.29, 0.717) is 6.54 Å². The summed E-state index contributed by atoms with van der Waals surface area (Å²) in [6, 6.07) is 0. The van der Waals surface area contributed by atoms with Gasteiger partial charge in [-0.2, -0.15) is 0 Å². The Balaban J connectivity index is 4.32. The van der Waals surface area contributed by atoms with Crippen molar-refractivity contribution in [2.24, 2.45) is 0 Å². The minimum atomic E-state index is -3.22. The van der Waals surface area contributed by atoms with Crippen molar-refractivity contribution >= 4 is 15.9 Å². The van der Waals surface area contributed by atoms with E-state index in [1.165, 1.54) is 10.6 Å². The highest BCUT2D eigenvalue weighted by atomic mass is 32.2. The van der Waals surface area contributed by atoms with E-state index >= 15 is 0 Å². The van der Waals surface area contributed by atoms with Gasteiger partial charge in [-0.05, 0) is 27.2 Å². The second-order valence-electron chi connectivity index (χ2n) is 5.56. The van der Waals surface area contributed by atoms with Gasteiger partial charge in [0.1, 0.15) is 0 Å². The Hall–Kier alpha value is -0.620. The highest BCUT2D eigenvalue weighted by molar-refractivity contribution is 7.88. The number of carbonyl (C=O) groups is 1. The molecule has 108 valence electrons. The van der Waals surface area contributed by atoms with Crippen LogP contribution in [0.15, 0.2) is 0 Å². The number of amides is 1. The highest BCUT2D eigenvalue weighted by Gasteiger charge is 2.19. The van der Waals surface area contributed by atoms with E-state index in [2.05, 4.69) is 5.32 Å². The maximum Gasteiger partial charge on any atom is 0.221 e. The molecule has 0 heterocycles. The van der Waals surface area contributed by atoms with Crippen LogP contribution in [0.4, 0.5) is 0 Å². The van der Waals surface area contributed by atoms with Crippen molar-refractivity contribution in [3.05, 3.63) is 0 Å². The van der Waals surface area contributed by atoms with Gasteiger partial charge in [0.15, 0.2) is 0 Å². The van der Waals surface area contributed by atoms with E-state index in [1.807, 2.05) is 27.7 Å². The van der Waals surface area contributed by atoms with Gasteiger partial charge in [0, 0.05) is 25.0 Å². The van der Waals surface area contributed by atoms with Gasteiger partial charge in [-0.3, -0.25) is 4.79 Å². The van der Waals surface area contributed by atoms with Gasteiger partial charge in [0.05, 0.1) is 6.26 Å². The van der Waals surface area contributed by atoms with Crippen molar-refractivity contribution in [2.75, 3.05) is 19.3 Å². The molecule has 0 aliphatic heterocycles. The van der Waals surface area contributed by atoms with Crippen molar-refractivity contribution < 1.29 is 13.2 Å². The van der Waals surface area contributed by atoms with Crippen LogP contribution in [0.25, 0.3) is 0 Å². The number of hydrogen-bond donors (Lipinski definition) is 1. The van der Waals surface area contributed by atoms with Crippen molar-refractivity contribution in [3.8, 4) is 0 Å². The molecule has 6 heteroatoms. The van der Waals surface area contributed by atoms with Gasteiger partial charge in [-0.15, -0.1) is 0 Å². The van der Waals surface area contributed by atoms with Gasteiger partial charge in [-0.1, -0.05) is 13.3 Å². The van der Waals surface area contributed by atoms with Crippen LogP contribution in [0, 0.1) is 0 Å². The average molecular weight is 278 g/mol. The predicted octanol–water partition coefficient (Wildman–Crippen LogP) is 1.35. The number of hydrogen-bond acceptors (Lipinski definition) is 3. The molecule has 0 bridgehead atoms. The Labute approximate surface area is 111 Å². The molecule has 0 aromatic rings. The summed E-state index contributed by atoms with van der Waals surface area (Å²) in [6.07, 6.45) is 3.13. The molecule has 0 fully saturated rings.